The third-order valence-corrected chi connectivity index (χ3v) is 5.11. The lowest BCUT2D eigenvalue weighted by Crippen LogP contribution is -2.49. The van der Waals surface area contributed by atoms with Crippen LogP contribution in [0.2, 0.25) is 0 Å². The van der Waals surface area contributed by atoms with E-state index in [-0.39, 0.29) is 29.7 Å². The van der Waals surface area contributed by atoms with Gasteiger partial charge in [-0.2, -0.15) is 0 Å². The van der Waals surface area contributed by atoms with Crippen molar-refractivity contribution in [1.29, 1.82) is 0 Å². The minimum absolute atomic E-state index is 0.0768. The molecule has 0 aromatic heterocycles. The van der Waals surface area contributed by atoms with E-state index >= 15 is 0 Å². The summed E-state index contributed by atoms with van der Waals surface area (Å²) in [6.07, 6.45) is 4.69. The monoisotopic (exact) mass is 319 g/mol. The number of carbonyl (C=O) groups excluding carboxylic acids is 1. The van der Waals surface area contributed by atoms with Crippen molar-refractivity contribution in [3.63, 3.8) is 0 Å². The van der Waals surface area contributed by atoms with Crippen LogP contribution in [-0.2, 0) is 4.79 Å². The number of anilines is 1. The summed E-state index contributed by atoms with van der Waals surface area (Å²) >= 11 is 0. The van der Waals surface area contributed by atoms with E-state index < -0.39 is 0 Å². The van der Waals surface area contributed by atoms with Gasteiger partial charge >= 0.3 is 0 Å². The van der Waals surface area contributed by atoms with Gasteiger partial charge in [-0.1, -0.05) is 0 Å². The molecule has 1 aromatic carbocycles. The molecule has 1 amide bonds. The molecule has 3 unspecified atom stereocenters. The molecule has 1 aliphatic heterocycles. The maximum absolute atomic E-state index is 13.3. The fourth-order valence-electron chi connectivity index (χ4n) is 3.86. The third kappa shape index (κ3) is 3.83. The van der Waals surface area contributed by atoms with Crippen LogP contribution in [0.4, 0.5) is 10.1 Å². The van der Waals surface area contributed by atoms with Crippen LogP contribution < -0.4 is 16.0 Å². The first-order valence-electron chi connectivity index (χ1n) is 8.60. The summed E-state index contributed by atoms with van der Waals surface area (Å²) < 4.78 is 13.3. The van der Waals surface area contributed by atoms with Gasteiger partial charge in [-0.25, -0.2) is 4.39 Å². The number of rotatable bonds is 3. The Bertz CT molecular complexity index is 577. The van der Waals surface area contributed by atoms with Crippen molar-refractivity contribution in [1.82, 2.24) is 5.32 Å². The third-order valence-electron chi connectivity index (χ3n) is 5.11. The summed E-state index contributed by atoms with van der Waals surface area (Å²) in [5, 5.41) is 3.20. The van der Waals surface area contributed by atoms with Crippen LogP contribution >= 0.6 is 0 Å². The Balaban J connectivity index is 1.61. The first-order valence-corrected chi connectivity index (χ1v) is 8.60. The Morgan fingerprint density at radius 3 is 2.87 bits per heavy atom. The molecule has 3 N–H and O–H groups in total. The Morgan fingerprint density at radius 1 is 1.35 bits per heavy atom. The van der Waals surface area contributed by atoms with Gasteiger partial charge < -0.3 is 16.0 Å². The van der Waals surface area contributed by atoms with Crippen molar-refractivity contribution in [2.45, 2.75) is 51.1 Å². The summed E-state index contributed by atoms with van der Waals surface area (Å²) in [6, 6.07) is 5.25. The van der Waals surface area contributed by atoms with Crippen molar-refractivity contribution >= 4 is 11.6 Å². The van der Waals surface area contributed by atoms with E-state index in [2.05, 4.69) is 10.2 Å². The fraction of sp³-hybridized carbons (Fsp3) is 0.611. The van der Waals surface area contributed by atoms with Crippen molar-refractivity contribution in [2.75, 3.05) is 18.0 Å². The highest BCUT2D eigenvalue weighted by Crippen LogP contribution is 2.26. The standard InChI is InChI=1S/C18H26FN3O/c1-12-9-14(19)5-7-17(12)22-8-2-3-16(11-22)21-18(23)13-4-6-15(20)10-13/h5,7,9,13,15-16H,2-4,6,8,10-11,20H2,1H3,(H,21,23). The Morgan fingerprint density at radius 2 is 2.17 bits per heavy atom. The first-order chi connectivity index (χ1) is 11.0. The molecule has 126 valence electrons. The van der Waals surface area contributed by atoms with Crippen LogP contribution in [0.5, 0.6) is 0 Å². The summed E-state index contributed by atoms with van der Waals surface area (Å²) in [4.78, 5) is 14.6. The lowest BCUT2D eigenvalue weighted by Gasteiger charge is -2.36. The number of halogens is 1. The second-order valence-corrected chi connectivity index (χ2v) is 6.99. The minimum Gasteiger partial charge on any atom is -0.369 e. The number of hydrogen-bond acceptors (Lipinski definition) is 3. The molecule has 1 saturated heterocycles. The molecule has 1 saturated carbocycles. The number of carbonyl (C=O) groups is 1. The van der Waals surface area contributed by atoms with Gasteiger partial charge in [0, 0.05) is 36.8 Å². The highest BCUT2D eigenvalue weighted by molar-refractivity contribution is 5.79. The molecular formula is C18H26FN3O. The van der Waals surface area contributed by atoms with E-state index in [4.69, 9.17) is 5.73 Å². The van der Waals surface area contributed by atoms with Crippen LogP contribution in [0.3, 0.4) is 0 Å². The zero-order valence-electron chi connectivity index (χ0n) is 13.7. The molecule has 1 heterocycles. The maximum Gasteiger partial charge on any atom is 0.223 e. The zero-order valence-corrected chi connectivity index (χ0v) is 13.7. The van der Waals surface area contributed by atoms with E-state index in [9.17, 15) is 9.18 Å². The number of piperidine rings is 1. The van der Waals surface area contributed by atoms with Crippen LogP contribution in [0.25, 0.3) is 0 Å². The second-order valence-electron chi connectivity index (χ2n) is 6.99. The molecule has 1 aliphatic carbocycles. The van der Waals surface area contributed by atoms with E-state index in [1.54, 1.807) is 6.07 Å². The van der Waals surface area contributed by atoms with Gasteiger partial charge in [0.15, 0.2) is 0 Å². The number of aryl methyl sites for hydroxylation is 1. The number of hydrogen-bond donors (Lipinski definition) is 2. The Hall–Kier alpha value is -1.62. The maximum atomic E-state index is 13.3. The zero-order chi connectivity index (χ0) is 16.4. The van der Waals surface area contributed by atoms with Crippen LogP contribution in [0.1, 0.15) is 37.7 Å². The highest BCUT2D eigenvalue weighted by atomic mass is 19.1. The summed E-state index contributed by atoms with van der Waals surface area (Å²) in [6.45, 7) is 3.67. The molecular weight excluding hydrogens is 293 g/mol. The van der Waals surface area contributed by atoms with E-state index in [1.165, 1.54) is 6.07 Å². The summed E-state index contributed by atoms with van der Waals surface area (Å²) in [7, 11) is 0. The quantitative estimate of drug-likeness (QED) is 0.899. The van der Waals surface area contributed by atoms with Gasteiger partial charge in [0.25, 0.3) is 0 Å². The van der Waals surface area contributed by atoms with Crippen molar-refractivity contribution < 1.29 is 9.18 Å². The van der Waals surface area contributed by atoms with Crippen LogP contribution in [0.15, 0.2) is 18.2 Å². The molecule has 2 aliphatic rings. The van der Waals surface area contributed by atoms with E-state index in [0.717, 1.165) is 56.4 Å². The van der Waals surface area contributed by atoms with E-state index in [0.29, 0.717) is 0 Å². The molecule has 23 heavy (non-hydrogen) atoms. The number of benzene rings is 1. The van der Waals surface area contributed by atoms with Crippen molar-refractivity contribution in [3.8, 4) is 0 Å². The second kappa shape index (κ2) is 6.87. The van der Waals surface area contributed by atoms with Crippen LogP contribution in [0, 0.1) is 18.7 Å². The van der Waals surface area contributed by atoms with Gasteiger partial charge in [0.2, 0.25) is 5.91 Å². The average molecular weight is 319 g/mol. The summed E-state index contributed by atoms with van der Waals surface area (Å²) in [5.41, 5.74) is 7.91. The van der Waals surface area contributed by atoms with Crippen molar-refractivity contribution in [3.05, 3.63) is 29.6 Å². The number of nitrogens with one attached hydrogen (secondary N) is 1. The number of nitrogens with two attached hydrogens (primary N) is 1. The molecule has 1 aromatic rings. The lowest BCUT2D eigenvalue weighted by molar-refractivity contribution is -0.125. The number of nitrogens with zero attached hydrogens (tertiary/aromatic N) is 1. The first kappa shape index (κ1) is 16.2. The van der Waals surface area contributed by atoms with Crippen molar-refractivity contribution in [2.24, 2.45) is 11.7 Å². The molecule has 4 nitrogen and oxygen atoms in total. The SMILES string of the molecule is Cc1cc(F)ccc1N1CCCC(NC(=O)C2CCC(N)C2)C1. The average Bonchev–Trinajstić information content (AvgIpc) is 2.94. The largest absolute Gasteiger partial charge is 0.369 e. The molecule has 5 heteroatoms. The van der Waals surface area contributed by atoms with Gasteiger partial charge in [-0.05, 0) is 62.8 Å². The van der Waals surface area contributed by atoms with Gasteiger partial charge in [0.05, 0.1) is 0 Å². The molecule has 0 radical (unpaired) electrons. The summed E-state index contributed by atoms with van der Waals surface area (Å²) in [5.74, 6) is 0.0271. The topological polar surface area (TPSA) is 58.4 Å². The van der Waals surface area contributed by atoms with Gasteiger partial charge in [0.1, 0.15) is 5.82 Å². The molecule has 0 spiro atoms. The highest BCUT2D eigenvalue weighted by Gasteiger charge is 2.30. The van der Waals surface area contributed by atoms with Gasteiger partial charge in [-0.3, -0.25) is 4.79 Å². The Kier molecular flexibility index (Phi) is 4.85. The molecule has 2 fully saturated rings. The molecule has 0 bridgehead atoms. The molecule has 3 rings (SSSR count). The normalized spacial score (nSPS) is 28.0. The lowest BCUT2D eigenvalue weighted by atomic mass is 10.0. The van der Waals surface area contributed by atoms with Gasteiger partial charge in [-0.15, -0.1) is 0 Å². The smallest absolute Gasteiger partial charge is 0.223 e. The molecule has 3 atom stereocenters. The van der Waals surface area contributed by atoms with E-state index in [1.807, 2.05) is 13.0 Å². The Labute approximate surface area is 137 Å². The number of amides is 1. The van der Waals surface area contributed by atoms with Crippen LogP contribution in [-0.4, -0.2) is 31.1 Å². The minimum atomic E-state index is -0.203. The fourth-order valence-corrected chi connectivity index (χ4v) is 3.86. The predicted molar refractivity (Wildman–Crippen MR) is 89.8 cm³/mol. The predicted octanol–water partition coefficient (Wildman–Crippen LogP) is 2.35.